The van der Waals surface area contributed by atoms with E-state index in [1.54, 1.807) is 18.4 Å². The maximum absolute atomic E-state index is 11.5. The van der Waals surface area contributed by atoms with E-state index in [0.29, 0.717) is 13.1 Å². The summed E-state index contributed by atoms with van der Waals surface area (Å²) < 4.78 is 5.17. The highest BCUT2D eigenvalue weighted by Crippen LogP contribution is 2.07. The number of aromatic nitrogens is 1. The molecule has 1 aromatic heterocycles. The van der Waals surface area contributed by atoms with Crippen molar-refractivity contribution >= 4 is 23.4 Å². The zero-order valence-electron chi connectivity index (χ0n) is 15.2. The molecule has 8 heteroatoms. The second-order valence-electron chi connectivity index (χ2n) is 6.32. The standard InChI is InChI=1S/C16H29N5O2S/c1-12-21-13(11-24-12)7-10-19-14(17-5)18-8-6-9-20-15(22)23-16(2,3)4/h11H,6-10H2,1-5H3,(H,20,22)(H2,17,18,19). The first kappa shape index (κ1) is 20.2. The maximum Gasteiger partial charge on any atom is 0.407 e. The fourth-order valence-electron chi connectivity index (χ4n) is 1.85. The third-order valence-corrected chi connectivity index (χ3v) is 3.70. The van der Waals surface area contributed by atoms with Gasteiger partial charge in [0.1, 0.15) is 5.60 Å². The Labute approximate surface area is 148 Å². The Bertz CT molecular complexity index is 537. The summed E-state index contributed by atoms with van der Waals surface area (Å²) in [7, 11) is 1.74. The number of guanidine groups is 1. The minimum absolute atomic E-state index is 0.386. The molecule has 0 aliphatic rings. The van der Waals surface area contributed by atoms with Gasteiger partial charge in [0.2, 0.25) is 0 Å². The minimum atomic E-state index is -0.468. The zero-order valence-corrected chi connectivity index (χ0v) is 16.0. The second kappa shape index (κ2) is 10.1. The van der Waals surface area contributed by atoms with Gasteiger partial charge in [-0.3, -0.25) is 4.99 Å². The first-order chi connectivity index (χ1) is 11.3. The zero-order chi connectivity index (χ0) is 18.0. The highest BCUT2D eigenvalue weighted by Gasteiger charge is 2.15. The highest BCUT2D eigenvalue weighted by molar-refractivity contribution is 7.09. The Morgan fingerprint density at radius 2 is 1.92 bits per heavy atom. The molecule has 0 saturated carbocycles. The van der Waals surface area contributed by atoms with Crippen LogP contribution in [0, 0.1) is 6.92 Å². The van der Waals surface area contributed by atoms with Gasteiger partial charge in [-0.15, -0.1) is 11.3 Å². The first-order valence-electron chi connectivity index (χ1n) is 8.12. The van der Waals surface area contributed by atoms with Crippen LogP contribution in [0.25, 0.3) is 0 Å². The van der Waals surface area contributed by atoms with E-state index in [1.165, 1.54) is 0 Å². The van der Waals surface area contributed by atoms with Crippen molar-refractivity contribution in [2.24, 2.45) is 4.99 Å². The molecule has 1 rings (SSSR count). The van der Waals surface area contributed by atoms with Gasteiger partial charge in [-0.05, 0) is 34.1 Å². The van der Waals surface area contributed by atoms with Crippen LogP contribution in [0.15, 0.2) is 10.4 Å². The van der Waals surface area contributed by atoms with Crippen molar-refractivity contribution in [2.75, 3.05) is 26.7 Å². The molecule has 0 aliphatic heterocycles. The number of carbonyl (C=O) groups is 1. The van der Waals surface area contributed by atoms with Crippen LogP contribution in [0.3, 0.4) is 0 Å². The summed E-state index contributed by atoms with van der Waals surface area (Å²) in [6.07, 6.45) is 1.26. The van der Waals surface area contributed by atoms with E-state index in [0.717, 1.165) is 36.0 Å². The van der Waals surface area contributed by atoms with Gasteiger partial charge in [-0.25, -0.2) is 9.78 Å². The average Bonchev–Trinajstić information content (AvgIpc) is 2.88. The van der Waals surface area contributed by atoms with Crippen LogP contribution in [0.2, 0.25) is 0 Å². The number of carbonyl (C=O) groups excluding carboxylic acids is 1. The summed E-state index contributed by atoms with van der Waals surface area (Å²) in [5, 5.41) is 12.4. The minimum Gasteiger partial charge on any atom is -0.444 e. The molecule has 1 aromatic rings. The molecule has 0 radical (unpaired) electrons. The third-order valence-electron chi connectivity index (χ3n) is 2.88. The lowest BCUT2D eigenvalue weighted by Crippen LogP contribution is -2.40. The molecule has 0 unspecified atom stereocenters. The van der Waals surface area contributed by atoms with Crippen molar-refractivity contribution in [3.05, 3.63) is 16.1 Å². The van der Waals surface area contributed by atoms with Gasteiger partial charge in [0.05, 0.1) is 10.7 Å². The van der Waals surface area contributed by atoms with Gasteiger partial charge in [-0.1, -0.05) is 0 Å². The van der Waals surface area contributed by atoms with Crippen LogP contribution in [0.4, 0.5) is 4.79 Å². The molecule has 0 saturated heterocycles. The molecule has 1 amide bonds. The van der Waals surface area contributed by atoms with E-state index in [4.69, 9.17) is 4.74 Å². The molecule has 0 aliphatic carbocycles. The maximum atomic E-state index is 11.5. The molecule has 0 bridgehead atoms. The summed E-state index contributed by atoms with van der Waals surface area (Å²) in [5.41, 5.74) is 0.631. The second-order valence-corrected chi connectivity index (χ2v) is 7.38. The number of aryl methyl sites for hydroxylation is 1. The fourth-order valence-corrected chi connectivity index (χ4v) is 2.50. The van der Waals surface area contributed by atoms with Crippen LogP contribution in [-0.2, 0) is 11.2 Å². The fraction of sp³-hybridized carbons (Fsp3) is 0.688. The van der Waals surface area contributed by atoms with E-state index in [2.05, 4.69) is 31.3 Å². The Hall–Kier alpha value is -1.83. The number of hydrogen-bond acceptors (Lipinski definition) is 5. The topological polar surface area (TPSA) is 87.6 Å². The molecule has 1 heterocycles. The van der Waals surface area contributed by atoms with Crippen molar-refractivity contribution in [1.82, 2.24) is 20.9 Å². The Balaban J connectivity index is 2.10. The van der Waals surface area contributed by atoms with E-state index in [1.807, 2.05) is 27.7 Å². The van der Waals surface area contributed by atoms with Crippen LogP contribution in [-0.4, -0.2) is 49.3 Å². The van der Waals surface area contributed by atoms with Gasteiger partial charge in [-0.2, -0.15) is 0 Å². The molecule has 0 fully saturated rings. The van der Waals surface area contributed by atoms with E-state index in [9.17, 15) is 4.79 Å². The van der Waals surface area contributed by atoms with Crippen molar-refractivity contribution < 1.29 is 9.53 Å². The van der Waals surface area contributed by atoms with E-state index >= 15 is 0 Å². The molecule has 136 valence electrons. The largest absolute Gasteiger partial charge is 0.444 e. The van der Waals surface area contributed by atoms with Crippen LogP contribution in [0.5, 0.6) is 0 Å². The normalized spacial score (nSPS) is 12.0. The smallest absolute Gasteiger partial charge is 0.407 e. The summed E-state index contributed by atoms with van der Waals surface area (Å²) in [4.78, 5) is 20.1. The van der Waals surface area contributed by atoms with Gasteiger partial charge in [0.15, 0.2) is 5.96 Å². The molecule has 3 N–H and O–H groups in total. The van der Waals surface area contributed by atoms with Crippen molar-refractivity contribution in [2.45, 2.75) is 46.1 Å². The SMILES string of the molecule is CN=C(NCCCNC(=O)OC(C)(C)C)NCCc1csc(C)n1. The first-order valence-corrected chi connectivity index (χ1v) is 9.00. The third kappa shape index (κ3) is 9.34. The van der Waals surface area contributed by atoms with E-state index < -0.39 is 5.60 Å². The number of alkyl carbamates (subject to hydrolysis) is 1. The molecule has 0 spiro atoms. The molecule has 0 aromatic carbocycles. The predicted molar refractivity (Wildman–Crippen MR) is 98.8 cm³/mol. The van der Waals surface area contributed by atoms with Crippen molar-refractivity contribution in [3.8, 4) is 0 Å². The summed E-state index contributed by atoms with van der Waals surface area (Å²) in [6, 6.07) is 0. The van der Waals surface area contributed by atoms with Gasteiger partial charge in [0, 0.05) is 38.5 Å². The van der Waals surface area contributed by atoms with Gasteiger partial charge in [0.25, 0.3) is 0 Å². The molecular formula is C16H29N5O2S. The van der Waals surface area contributed by atoms with Crippen molar-refractivity contribution in [1.29, 1.82) is 0 Å². The summed E-state index contributed by atoms with van der Waals surface area (Å²) >= 11 is 1.66. The highest BCUT2D eigenvalue weighted by atomic mass is 32.1. The molecular weight excluding hydrogens is 326 g/mol. The molecule has 7 nitrogen and oxygen atoms in total. The molecule has 24 heavy (non-hydrogen) atoms. The lowest BCUT2D eigenvalue weighted by molar-refractivity contribution is 0.0527. The summed E-state index contributed by atoms with van der Waals surface area (Å²) in [5.74, 6) is 0.749. The molecule has 0 atom stereocenters. The number of nitrogens with zero attached hydrogens (tertiary/aromatic N) is 2. The number of amides is 1. The van der Waals surface area contributed by atoms with Crippen molar-refractivity contribution in [3.63, 3.8) is 0 Å². The number of ether oxygens (including phenoxy) is 1. The monoisotopic (exact) mass is 355 g/mol. The Morgan fingerprint density at radius 3 is 2.50 bits per heavy atom. The Kier molecular flexibility index (Phi) is 8.53. The lowest BCUT2D eigenvalue weighted by Gasteiger charge is -2.19. The number of hydrogen-bond donors (Lipinski definition) is 3. The predicted octanol–water partition coefficient (Wildman–Crippen LogP) is 2.07. The number of aliphatic imine (C=N–C) groups is 1. The van der Waals surface area contributed by atoms with Gasteiger partial charge >= 0.3 is 6.09 Å². The number of thiazole rings is 1. The lowest BCUT2D eigenvalue weighted by atomic mass is 10.2. The number of nitrogens with one attached hydrogen (secondary N) is 3. The van der Waals surface area contributed by atoms with Crippen LogP contribution >= 0.6 is 11.3 Å². The number of rotatable bonds is 7. The Morgan fingerprint density at radius 1 is 1.25 bits per heavy atom. The average molecular weight is 356 g/mol. The quantitative estimate of drug-likeness (QED) is 0.396. The van der Waals surface area contributed by atoms with E-state index in [-0.39, 0.29) is 6.09 Å². The van der Waals surface area contributed by atoms with Crippen LogP contribution < -0.4 is 16.0 Å². The summed E-state index contributed by atoms with van der Waals surface area (Å²) in [6.45, 7) is 9.58. The van der Waals surface area contributed by atoms with Crippen LogP contribution in [0.1, 0.15) is 37.9 Å². The van der Waals surface area contributed by atoms with Gasteiger partial charge < -0.3 is 20.7 Å².